The first-order valence-electron chi connectivity index (χ1n) is 9.78. The van der Waals surface area contributed by atoms with Gasteiger partial charge in [-0.05, 0) is 19.1 Å². The van der Waals surface area contributed by atoms with Crippen LogP contribution in [0.2, 0.25) is 0 Å². The number of thiazole rings is 1. The van der Waals surface area contributed by atoms with Crippen molar-refractivity contribution < 1.29 is 9.15 Å². The maximum atomic E-state index is 6.34. The maximum Gasteiger partial charge on any atom is 0.191 e. The molecular formula is C19H28N6O2S. The highest BCUT2D eigenvalue weighted by Crippen LogP contribution is 2.24. The molecule has 0 saturated carbocycles. The zero-order valence-electron chi connectivity index (χ0n) is 16.3. The molecule has 2 aromatic heterocycles. The molecule has 4 heterocycles. The van der Waals surface area contributed by atoms with Crippen LogP contribution < -0.4 is 10.6 Å². The molecule has 0 bridgehead atoms. The van der Waals surface area contributed by atoms with E-state index in [1.807, 2.05) is 30.6 Å². The predicted molar refractivity (Wildman–Crippen MR) is 111 cm³/mol. The fourth-order valence-electron chi connectivity index (χ4n) is 3.69. The molecule has 8 nitrogen and oxygen atoms in total. The van der Waals surface area contributed by atoms with Crippen molar-refractivity contribution in [2.75, 3.05) is 63.9 Å². The number of hydrogen-bond acceptors (Lipinski definition) is 7. The van der Waals surface area contributed by atoms with Crippen LogP contribution in [0.25, 0.3) is 0 Å². The Morgan fingerprint density at radius 3 is 2.64 bits per heavy atom. The Kier molecular flexibility index (Phi) is 6.13. The fraction of sp³-hybridized carbons (Fsp3) is 0.579. The highest BCUT2D eigenvalue weighted by atomic mass is 32.1. The molecule has 2 aliphatic rings. The highest BCUT2D eigenvalue weighted by molar-refractivity contribution is 7.13. The standard InChI is InChI=1S/C19H28N6O2S/c1-15-2-3-17(27-15)16(23-9-11-26-12-10-23)14-22-18(20)24-5-7-25(8-6-24)19-21-4-13-28-19/h2-4,13,16H,5-12,14H2,1H3,(H2,20,22). The number of aryl methyl sites for hydroxylation is 1. The zero-order valence-corrected chi connectivity index (χ0v) is 17.1. The van der Waals surface area contributed by atoms with Crippen molar-refractivity contribution in [1.29, 1.82) is 0 Å². The average Bonchev–Trinajstić information content (AvgIpc) is 3.41. The first-order chi connectivity index (χ1) is 13.7. The average molecular weight is 405 g/mol. The summed E-state index contributed by atoms with van der Waals surface area (Å²) < 4.78 is 11.4. The second-order valence-electron chi connectivity index (χ2n) is 7.10. The molecule has 0 spiro atoms. The number of nitrogens with two attached hydrogens (primary N) is 1. The minimum absolute atomic E-state index is 0.0905. The van der Waals surface area contributed by atoms with Gasteiger partial charge in [0, 0.05) is 50.8 Å². The van der Waals surface area contributed by atoms with Gasteiger partial charge in [0.15, 0.2) is 11.1 Å². The molecule has 4 rings (SSSR count). The normalized spacial score (nSPS) is 20.5. The van der Waals surface area contributed by atoms with Gasteiger partial charge in [0.2, 0.25) is 0 Å². The van der Waals surface area contributed by atoms with Crippen LogP contribution in [0.5, 0.6) is 0 Å². The number of aromatic nitrogens is 1. The van der Waals surface area contributed by atoms with Crippen LogP contribution in [0, 0.1) is 6.92 Å². The van der Waals surface area contributed by atoms with E-state index in [9.17, 15) is 0 Å². The lowest BCUT2D eigenvalue weighted by Crippen LogP contribution is -2.51. The second kappa shape index (κ2) is 8.93. The van der Waals surface area contributed by atoms with Crippen molar-refractivity contribution in [2.24, 2.45) is 10.7 Å². The summed E-state index contributed by atoms with van der Waals surface area (Å²) in [5.41, 5.74) is 6.34. The Morgan fingerprint density at radius 1 is 1.21 bits per heavy atom. The number of nitrogens with zero attached hydrogens (tertiary/aromatic N) is 5. The quantitative estimate of drug-likeness (QED) is 0.598. The van der Waals surface area contributed by atoms with E-state index in [1.165, 1.54) is 0 Å². The molecular weight excluding hydrogens is 376 g/mol. The molecule has 2 fully saturated rings. The Labute approximate surface area is 169 Å². The molecule has 0 aromatic carbocycles. The predicted octanol–water partition coefficient (Wildman–Crippen LogP) is 1.55. The summed E-state index contributed by atoms with van der Waals surface area (Å²) in [6.07, 6.45) is 1.85. The number of morpholine rings is 1. The van der Waals surface area contributed by atoms with E-state index in [1.54, 1.807) is 11.3 Å². The van der Waals surface area contributed by atoms with E-state index in [4.69, 9.17) is 19.9 Å². The molecule has 2 saturated heterocycles. The zero-order chi connectivity index (χ0) is 19.3. The van der Waals surface area contributed by atoms with Crippen molar-refractivity contribution in [1.82, 2.24) is 14.8 Å². The van der Waals surface area contributed by atoms with Gasteiger partial charge in [-0.3, -0.25) is 9.89 Å². The summed E-state index contributed by atoms with van der Waals surface area (Å²) in [5.74, 6) is 2.48. The number of aliphatic imine (C=N–C) groups is 1. The van der Waals surface area contributed by atoms with E-state index in [-0.39, 0.29) is 6.04 Å². The lowest BCUT2D eigenvalue weighted by Gasteiger charge is -2.36. The number of rotatable bonds is 5. The van der Waals surface area contributed by atoms with Crippen LogP contribution in [0.15, 0.2) is 33.1 Å². The van der Waals surface area contributed by atoms with Crippen LogP contribution in [-0.4, -0.2) is 79.8 Å². The lowest BCUT2D eigenvalue weighted by atomic mass is 10.1. The fourth-order valence-corrected chi connectivity index (χ4v) is 4.38. The largest absolute Gasteiger partial charge is 0.465 e. The van der Waals surface area contributed by atoms with Crippen LogP contribution in [0.4, 0.5) is 5.13 Å². The number of hydrogen-bond donors (Lipinski definition) is 1. The molecule has 1 atom stereocenters. The minimum Gasteiger partial charge on any atom is -0.465 e. The number of ether oxygens (including phenoxy) is 1. The van der Waals surface area contributed by atoms with E-state index in [2.05, 4.69) is 19.7 Å². The van der Waals surface area contributed by atoms with Crippen LogP contribution in [-0.2, 0) is 4.74 Å². The smallest absolute Gasteiger partial charge is 0.191 e. The Bertz CT molecular complexity index is 763. The molecule has 1 unspecified atom stereocenters. The summed E-state index contributed by atoms with van der Waals surface area (Å²) in [6, 6.07) is 4.15. The van der Waals surface area contributed by atoms with E-state index >= 15 is 0 Å². The van der Waals surface area contributed by atoms with Gasteiger partial charge in [-0.1, -0.05) is 0 Å². The van der Waals surface area contributed by atoms with Crippen molar-refractivity contribution in [3.8, 4) is 0 Å². The van der Waals surface area contributed by atoms with Crippen molar-refractivity contribution in [3.05, 3.63) is 35.2 Å². The van der Waals surface area contributed by atoms with E-state index in [0.717, 1.165) is 69.1 Å². The van der Waals surface area contributed by atoms with Gasteiger partial charge in [-0.2, -0.15) is 0 Å². The third-order valence-corrected chi connectivity index (χ3v) is 6.13. The number of guanidine groups is 1. The Hall–Kier alpha value is -2.10. The number of piperazine rings is 1. The minimum atomic E-state index is 0.0905. The van der Waals surface area contributed by atoms with E-state index < -0.39 is 0 Å². The summed E-state index contributed by atoms with van der Waals surface area (Å²) in [6.45, 7) is 9.35. The molecule has 0 aliphatic carbocycles. The van der Waals surface area contributed by atoms with Crippen LogP contribution in [0.3, 0.4) is 0 Å². The van der Waals surface area contributed by atoms with Gasteiger partial charge in [-0.25, -0.2) is 4.98 Å². The molecule has 152 valence electrons. The highest BCUT2D eigenvalue weighted by Gasteiger charge is 2.26. The first kappa shape index (κ1) is 19.2. The van der Waals surface area contributed by atoms with Crippen LogP contribution >= 0.6 is 11.3 Å². The molecule has 2 aromatic rings. The molecule has 2 aliphatic heterocycles. The molecule has 0 radical (unpaired) electrons. The third-order valence-electron chi connectivity index (χ3n) is 5.30. The van der Waals surface area contributed by atoms with E-state index in [0.29, 0.717) is 12.5 Å². The summed E-state index contributed by atoms with van der Waals surface area (Å²) >= 11 is 1.68. The monoisotopic (exact) mass is 404 g/mol. The third kappa shape index (κ3) is 4.48. The SMILES string of the molecule is Cc1ccc(C(CN=C(N)N2CCN(c3nccs3)CC2)N2CCOCC2)o1. The van der Waals surface area contributed by atoms with Crippen molar-refractivity contribution in [2.45, 2.75) is 13.0 Å². The van der Waals surface area contributed by atoms with Gasteiger partial charge in [-0.15, -0.1) is 11.3 Å². The van der Waals surface area contributed by atoms with Crippen LogP contribution in [0.1, 0.15) is 17.6 Å². The van der Waals surface area contributed by atoms with Gasteiger partial charge >= 0.3 is 0 Å². The topological polar surface area (TPSA) is 83.4 Å². The Balaban J connectivity index is 1.38. The maximum absolute atomic E-state index is 6.34. The molecule has 2 N–H and O–H groups in total. The molecule has 9 heteroatoms. The first-order valence-corrected chi connectivity index (χ1v) is 10.7. The Morgan fingerprint density at radius 2 is 2.00 bits per heavy atom. The van der Waals surface area contributed by atoms with Gasteiger partial charge in [0.05, 0.1) is 25.8 Å². The van der Waals surface area contributed by atoms with Gasteiger partial charge < -0.3 is 24.7 Å². The number of anilines is 1. The van der Waals surface area contributed by atoms with Gasteiger partial charge in [0.25, 0.3) is 0 Å². The lowest BCUT2D eigenvalue weighted by molar-refractivity contribution is 0.0135. The number of furan rings is 1. The molecule has 0 amide bonds. The van der Waals surface area contributed by atoms with Gasteiger partial charge in [0.1, 0.15) is 11.5 Å². The molecule has 28 heavy (non-hydrogen) atoms. The van der Waals surface area contributed by atoms with Crippen molar-refractivity contribution >= 4 is 22.4 Å². The van der Waals surface area contributed by atoms with Crippen molar-refractivity contribution in [3.63, 3.8) is 0 Å². The summed E-state index contributed by atoms with van der Waals surface area (Å²) in [4.78, 5) is 16.0. The summed E-state index contributed by atoms with van der Waals surface area (Å²) in [5, 5.41) is 3.09. The second-order valence-corrected chi connectivity index (χ2v) is 7.97. The summed E-state index contributed by atoms with van der Waals surface area (Å²) in [7, 11) is 0.